The number of rotatable bonds is 10. The third-order valence-corrected chi connectivity index (χ3v) is 11.4. The third-order valence-electron chi connectivity index (χ3n) is 11.4. The zero-order valence-corrected chi connectivity index (χ0v) is 35.4. The summed E-state index contributed by atoms with van der Waals surface area (Å²) in [5.74, 6) is -0.911. The van der Waals surface area contributed by atoms with E-state index in [1.54, 1.807) is 35.8 Å². The van der Waals surface area contributed by atoms with E-state index >= 15 is 0 Å². The molecule has 14 heteroatoms. The Morgan fingerprint density at radius 3 is 2.32 bits per heavy atom. The van der Waals surface area contributed by atoms with Gasteiger partial charge in [0.2, 0.25) is 5.91 Å². The summed E-state index contributed by atoms with van der Waals surface area (Å²) in [5, 5.41) is 1.24. The van der Waals surface area contributed by atoms with Crippen LogP contribution >= 0.6 is 0 Å². The van der Waals surface area contributed by atoms with E-state index < -0.39 is 23.0 Å². The van der Waals surface area contributed by atoms with Gasteiger partial charge >= 0.3 is 12.2 Å². The Morgan fingerprint density at radius 2 is 1.64 bits per heavy atom. The highest BCUT2D eigenvalue weighted by Crippen LogP contribution is 2.43. The number of hydrogen-bond donors (Lipinski definition) is 1. The molecule has 318 valence electrons. The number of hydrogen-bond acceptors (Lipinski definition) is 9. The van der Waals surface area contributed by atoms with Crippen molar-refractivity contribution >= 4 is 29.7 Å². The summed E-state index contributed by atoms with van der Waals surface area (Å²) in [4.78, 5) is 63.8. The number of piperazine rings is 1. The third kappa shape index (κ3) is 10.6. The van der Waals surface area contributed by atoms with E-state index in [1.807, 2.05) is 76.2 Å². The zero-order chi connectivity index (χ0) is 42.5. The molecule has 0 aromatic heterocycles. The predicted octanol–water partition coefficient (Wildman–Crippen LogP) is 5.74. The van der Waals surface area contributed by atoms with E-state index in [0.29, 0.717) is 50.5 Å². The minimum absolute atomic E-state index is 0.0354. The summed E-state index contributed by atoms with van der Waals surface area (Å²) < 4.78 is 30.7. The van der Waals surface area contributed by atoms with Gasteiger partial charge in [-0.15, -0.1) is 0 Å². The number of benzene rings is 3. The normalized spacial score (nSPS) is 22.4. The van der Waals surface area contributed by atoms with E-state index in [2.05, 4.69) is 22.1 Å². The molecule has 3 aromatic rings. The summed E-state index contributed by atoms with van der Waals surface area (Å²) in [6.07, 6.45) is -0.667. The van der Waals surface area contributed by atoms with Crippen LogP contribution in [0.25, 0.3) is 0 Å². The quantitative estimate of drug-likeness (QED) is 0.256. The molecule has 2 fully saturated rings. The van der Waals surface area contributed by atoms with Gasteiger partial charge in [-0.05, 0) is 95.3 Å². The first-order valence-electron chi connectivity index (χ1n) is 20.6. The van der Waals surface area contributed by atoms with E-state index in [-0.39, 0.29) is 62.2 Å². The van der Waals surface area contributed by atoms with Crippen molar-refractivity contribution in [1.29, 1.82) is 0 Å². The van der Waals surface area contributed by atoms with E-state index in [4.69, 9.17) is 14.2 Å². The summed E-state index contributed by atoms with van der Waals surface area (Å²) in [6.45, 7) is 16.8. The Balaban J connectivity index is 1.27. The van der Waals surface area contributed by atoms with E-state index in [1.165, 1.54) is 17.1 Å². The summed E-state index contributed by atoms with van der Waals surface area (Å²) in [5.41, 5.74) is 4.59. The standard InChI is InChI=1S/C45H59FN6O7/c1-8-52(47-42(55)58-29-34-12-10-9-11-13-34)41(54)45(7)30-51(39-23-35(16-19-38(39)45)22-33-14-17-36(46)18-15-33)40(53)27-49-24-31(2)50(43(56)59-44(4,5)6)26-37(49)25-48-20-21-57-28-32(48)3/h9-19,23,31-32,37H,8,20-22,24-30H2,1-7H3,(H,47,55)/t31-,32-,37+,45?/m1/s1. The van der Waals surface area contributed by atoms with Crippen molar-refractivity contribution in [1.82, 2.24) is 25.1 Å². The molecule has 0 aliphatic carbocycles. The molecule has 1 N–H and O–H groups in total. The fourth-order valence-electron chi connectivity index (χ4n) is 8.16. The maximum absolute atomic E-state index is 14.8. The highest BCUT2D eigenvalue weighted by molar-refractivity contribution is 6.03. The fraction of sp³-hybridized carbons (Fsp3) is 0.511. The van der Waals surface area contributed by atoms with Crippen LogP contribution in [-0.2, 0) is 42.2 Å². The second-order valence-electron chi connectivity index (χ2n) is 17.2. The van der Waals surface area contributed by atoms with Crippen molar-refractivity contribution in [3.63, 3.8) is 0 Å². The van der Waals surface area contributed by atoms with Crippen LogP contribution in [0.5, 0.6) is 0 Å². The minimum atomic E-state index is -1.23. The lowest BCUT2D eigenvalue weighted by Gasteiger charge is -2.47. The number of nitrogens with zero attached hydrogens (tertiary/aromatic N) is 5. The molecule has 1 unspecified atom stereocenters. The number of morpholine rings is 1. The number of likely N-dealkylation sites (N-methyl/N-ethyl adjacent to an activating group) is 1. The number of nitrogens with one attached hydrogen (secondary N) is 1. The average Bonchev–Trinajstić information content (AvgIpc) is 3.50. The van der Waals surface area contributed by atoms with Gasteiger partial charge in [-0.3, -0.25) is 24.4 Å². The molecule has 3 aliphatic heterocycles. The number of hydrazine groups is 1. The molecule has 4 amide bonds. The van der Waals surface area contributed by atoms with Crippen LogP contribution in [0.2, 0.25) is 0 Å². The molecule has 2 saturated heterocycles. The van der Waals surface area contributed by atoms with Gasteiger partial charge in [-0.25, -0.2) is 19.4 Å². The van der Waals surface area contributed by atoms with Gasteiger partial charge < -0.3 is 24.0 Å². The predicted molar refractivity (Wildman–Crippen MR) is 222 cm³/mol. The van der Waals surface area contributed by atoms with Crippen molar-refractivity contribution in [2.45, 2.75) is 90.6 Å². The number of halogens is 1. The number of ether oxygens (including phenoxy) is 3. The Bertz CT molecular complexity index is 1960. The Kier molecular flexibility index (Phi) is 13.6. The molecule has 0 saturated carbocycles. The van der Waals surface area contributed by atoms with Gasteiger partial charge in [0, 0.05) is 63.1 Å². The lowest BCUT2D eigenvalue weighted by molar-refractivity contribution is -0.139. The molecule has 4 atom stereocenters. The number of amides is 4. The minimum Gasteiger partial charge on any atom is -0.444 e. The summed E-state index contributed by atoms with van der Waals surface area (Å²) >= 11 is 0. The molecule has 6 rings (SSSR count). The molecule has 13 nitrogen and oxygen atoms in total. The topological polar surface area (TPSA) is 124 Å². The average molecular weight is 815 g/mol. The first-order valence-corrected chi connectivity index (χ1v) is 20.6. The lowest BCUT2D eigenvalue weighted by Crippen LogP contribution is -2.64. The van der Waals surface area contributed by atoms with Crippen LogP contribution < -0.4 is 10.3 Å². The molecule has 3 aliphatic rings. The van der Waals surface area contributed by atoms with Crippen LogP contribution in [0.15, 0.2) is 72.8 Å². The van der Waals surface area contributed by atoms with Crippen molar-refractivity contribution in [2.75, 3.05) is 63.9 Å². The van der Waals surface area contributed by atoms with Gasteiger partial charge in [-0.1, -0.05) is 54.6 Å². The molecule has 59 heavy (non-hydrogen) atoms. The van der Waals surface area contributed by atoms with Gasteiger partial charge in [-0.2, -0.15) is 0 Å². The lowest BCUT2D eigenvalue weighted by atomic mass is 9.82. The monoisotopic (exact) mass is 814 g/mol. The van der Waals surface area contributed by atoms with Gasteiger partial charge in [0.25, 0.3) is 5.91 Å². The maximum Gasteiger partial charge on any atom is 0.426 e. The molecule has 3 aromatic carbocycles. The van der Waals surface area contributed by atoms with E-state index in [9.17, 15) is 23.6 Å². The van der Waals surface area contributed by atoms with Crippen LogP contribution in [0, 0.1) is 5.82 Å². The van der Waals surface area contributed by atoms with Gasteiger partial charge in [0.05, 0.1) is 25.2 Å². The van der Waals surface area contributed by atoms with Gasteiger partial charge in [0.15, 0.2) is 0 Å². The fourth-order valence-corrected chi connectivity index (χ4v) is 8.16. The maximum atomic E-state index is 14.8. The summed E-state index contributed by atoms with van der Waals surface area (Å²) in [6, 6.07) is 21.0. The first kappa shape index (κ1) is 43.5. The number of carbonyl (C=O) groups excluding carboxylic acids is 4. The molecule has 3 heterocycles. The molecular weight excluding hydrogens is 756 g/mol. The smallest absolute Gasteiger partial charge is 0.426 e. The van der Waals surface area contributed by atoms with Crippen LogP contribution in [-0.4, -0.2) is 126 Å². The van der Waals surface area contributed by atoms with E-state index in [0.717, 1.165) is 23.2 Å². The Morgan fingerprint density at radius 1 is 0.932 bits per heavy atom. The largest absolute Gasteiger partial charge is 0.444 e. The van der Waals surface area contributed by atoms with Crippen molar-refractivity contribution in [3.8, 4) is 0 Å². The molecule has 0 bridgehead atoms. The van der Waals surface area contributed by atoms with Crippen LogP contribution in [0.4, 0.5) is 19.7 Å². The summed E-state index contributed by atoms with van der Waals surface area (Å²) in [7, 11) is 0. The van der Waals surface area contributed by atoms with Crippen molar-refractivity contribution in [3.05, 3.63) is 101 Å². The molecule has 0 radical (unpaired) electrons. The first-order chi connectivity index (χ1) is 28.0. The van der Waals surface area contributed by atoms with Crippen molar-refractivity contribution < 1.29 is 37.8 Å². The van der Waals surface area contributed by atoms with Crippen LogP contribution in [0.3, 0.4) is 0 Å². The Hall–Kier alpha value is -5.05. The number of carbonyl (C=O) groups is 4. The second kappa shape index (κ2) is 18.5. The molecular formula is C45H59FN6O7. The highest BCUT2D eigenvalue weighted by atomic mass is 19.1. The molecule has 0 spiro atoms. The van der Waals surface area contributed by atoms with Gasteiger partial charge in [0.1, 0.15) is 18.0 Å². The zero-order valence-electron chi connectivity index (χ0n) is 35.4. The highest BCUT2D eigenvalue weighted by Gasteiger charge is 2.49. The second-order valence-corrected chi connectivity index (χ2v) is 17.2. The number of anilines is 1. The Labute approximate surface area is 347 Å². The number of fused-ring (bicyclic) bond motifs is 1. The SMILES string of the molecule is CCN(NC(=O)OCc1ccccc1)C(=O)C1(C)CN(C(=O)CN2C[C@@H](C)N(C(=O)OC(C)(C)C)C[C@@H]2CN2CCOC[C@H]2C)c2cc(Cc3ccc(F)cc3)ccc21. The van der Waals surface area contributed by atoms with Crippen LogP contribution in [0.1, 0.15) is 70.7 Å². The van der Waals surface area contributed by atoms with Crippen molar-refractivity contribution in [2.24, 2.45) is 0 Å².